The second-order valence-electron chi connectivity index (χ2n) is 10.8. The average molecular weight is 551 g/mol. The Bertz CT molecular complexity index is 776. The van der Waals surface area contributed by atoms with Gasteiger partial charge in [0.2, 0.25) is 5.75 Å². The minimum Gasteiger partial charge on any atom is -0.503 e. The fraction of sp³-hybridized carbons (Fsp3) is 0.788. The van der Waals surface area contributed by atoms with Crippen LogP contribution in [-0.4, -0.2) is 29.4 Å². The van der Waals surface area contributed by atoms with Crippen LogP contribution in [0.5, 0.6) is 17.2 Å². The summed E-state index contributed by atoms with van der Waals surface area (Å²) in [5.41, 5.74) is 1.51. The van der Waals surface area contributed by atoms with Crippen LogP contribution in [0.15, 0.2) is 0 Å². The molecule has 0 aliphatic carbocycles. The van der Waals surface area contributed by atoms with Crippen molar-refractivity contribution in [3.05, 3.63) is 16.7 Å². The van der Waals surface area contributed by atoms with Gasteiger partial charge in [0.25, 0.3) is 0 Å². The number of phenols is 1. The van der Waals surface area contributed by atoms with E-state index in [4.69, 9.17) is 14.5 Å². The summed E-state index contributed by atoms with van der Waals surface area (Å²) in [6.45, 7) is 9.59. The van der Waals surface area contributed by atoms with Gasteiger partial charge in [-0.3, -0.25) is 0 Å². The zero-order chi connectivity index (χ0) is 28.7. The maximum atomic E-state index is 12.5. The Hall–Kier alpha value is -1.95. The van der Waals surface area contributed by atoms with Gasteiger partial charge in [0.05, 0.1) is 13.2 Å². The van der Waals surface area contributed by atoms with Crippen molar-refractivity contribution in [3.63, 3.8) is 0 Å². The molecule has 0 saturated carbocycles. The Morgan fingerprint density at radius 3 is 1.56 bits per heavy atom. The Kier molecular flexibility index (Phi) is 20.5. The molecule has 1 aromatic rings. The summed E-state index contributed by atoms with van der Waals surface area (Å²) in [5, 5.41) is 21.5. The predicted molar refractivity (Wildman–Crippen MR) is 160 cm³/mol. The van der Waals surface area contributed by atoms with Crippen molar-refractivity contribution in [2.45, 2.75) is 156 Å². The van der Waals surface area contributed by atoms with E-state index in [0.29, 0.717) is 37.4 Å². The second kappa shape index (κ2) is 22.8. The quantitative estimate of drug-likeness (QED) is 0.0678. The first kappa shape index (κ1) is 35.1. The lowest BCUT2D eigenvalue weighted by atomic mass is 9.90. The highest BCUT2D eigenvalue weighted by molar-refractivity contribution is 5.95. The van der Waals surface area contributed by atoms with Crippen molar-refractivity contribution >= 4 is 5.97 Å². The Labute approximate surface area is 238 Å². The van der Waals surface area contributed by atoms with Crippen molar-refractivity contribution in [3.8, 4) is 17.2 Å². The normalized spacial score (nSPS) is 11.2. The lowest BCUT2D eigenvalue weighted by Crippen LogP contribution is -2.13. The molecular formula is C33H58O6. The zero-order valence-corrected chi connectivity index (χ0v) is 25.6. The number of hydrogen-bond acceptors (Lipinski definition) is 5. The number of carbonyl (C=O) groups is 1. The number of carboxylic acids is 1. The van der Waals surface area contributed by atoms with E-state index in [2.05, 4.69) is 27.7 Å². The van der Waals surface area contributed by atoms with Crippen molar-refractivity contribution in [2.24, 2.45) is 0 Å². The number of ether oxygens (including phenoxy) is 1. The molecule has 0 aliphatic heterocycles. The van der Waals surface area contributed by atoms with Crippen LogP contribution in [0.25, 0.3) is 0 Å². The summed E-state index contributed by atoms with van der Waals surface area (Å²) < 4.78 is 6.33. The van der Waals surface area contributed by atoms with E-state index in [9.17, 15) is 15.0 Å². The van der Waals surface area contributed by atoms with Gasteiger partial charge in [-0.05, 0) is 44.1 Å². The molecule has 0 spiro atoms. The fourth-order valence-electron chi connectivity index (χ4n) is 4.99. The van der Waals surface area contributed by atoms with Gasteiger partial charge in [-0.25, -0.2) is 4.79 Å². The van der Waals surface area contributed by atoms with Crippen molar-refractivity contribution < 1.29 is 29.5 Å². The summed E-state index contributed by atoms with van der Waals surface area (Å²) >= 11 is 0. The van der Waals surface area contributed by atoms with Crippen LogP contribution < -0.4 is 9.62 Å². The maximum Gasteiger partial charge on any atom is 0.339 e. The van der Waals surface area contributed by atoms with Gasteiger partial charge < -0.3 is 19.8 Å². The minimum atomic E-state index is -1.13. The highest BCUT2D eigenvalue weighted by atomic mass is 17.2. The van der Waals surface area contributed by atoms with Crippen molar-refractivity contribution in [1.29, 1.82) is 0 Å². The Balaban J connectivity index is 3.38. The van der Waals surface area contributed by atoms with E-state index < -0.39 is 5.97 Å². The van der Waals surface area contributed by atoms with E-state index in [1.54, 1.807) is 0 Å². The number of carboxylic acid groups (broad SMARTS) is 1. The van der Waals surface area contributed by atoms with E-state index in [0.717, 1.165) is 102 Å². The lowest BCUT2D eigenvalue weighted by molar-refractivity contribution is -0.209. The van der Waals surface area contributed by atoms with E-state index in [1.165, 1.54) is 19.3 Å². The Morgan fingerprint density at radius 2 is 1.05 bits per heavy atom. The number of hydrogen-bond donors (Lipinski definition) is 2. The predicted octanol–water partition coefficient (Wildman–Crippen LogP) is 9.97. The molecule has 0 atom stereocenters. The highest BCUT2D eigenvalue weighted by Crippen LogP contribution is 2.46. The third-order valence-electron chi connectivity index (χ3n) is 7.34. The van der Waals surface area contributed by atoms with Gasteiger partial charge in [0, 0.05) is 5.56 Å². The smallest absolute Gasteiger partial charge is 0.339 e. The molecule has 0 unspecified atom stereocenters. The van der Waals surface area contributed by atoms with Crippen LogP contribution in [0.1, 0.15) is 165 Å². The number of benzene rings is 1. The van der Waals surface area contributed by atoms with Crippen LogP contribution in [-0.2, 0) is 17.7 Å². The largest absolute Gasteiger partial charge is 0.503 e. The average Bonchev–Trinajstić information content (AvgIpc) is 2.92. The number of unbranched alkanes of at least 4 members (excludes halogenated alkanes) is 14. The SMILES string of the molecule is CCCCCCCc1c(CCCCCCC)c(C(=O)O)c(O)c(OOCCCCCC)c1OCCCCCC. The molecule has 39 heavy (non-hydrogen) atoms. The molecule has 226 valence electrons. The van der Waals surface area contributed by atoms with Gasteiger partial charge in [-0.15, -0.1) is 0 Å². The number of aromatic hydroxyl groups is 1. The van der Waals surface area contributed by atoms with Crippen LogP contribution in [0.4, 0.5) is 0 Å². The van der Waals surface area contributed by atoms with Gasteiger partial charge in [-0.1, -0.05) is 118 Å². The van der Waals surface area contributed by atoms with Crippen LogP contribution in [0, 0.1) is 0 Å². The molecule has 0 aromatic heterocycles. The van der Waals surface area contributed by atoms with Gasteiger partial charge in [0.15, 0.2) is 11.5 Å². The zero-order valence-electron chi connectivity index (χ0n) is 25.6. The van der Waals surface area contributed by atoms with Crippen LogP contribution >= 0.6 is 0 Å². The summed E-state index contributed by atoms with van der Waals surface area (Å²) in [7, 11) is 0. The summed E-state index contributed by atoms with van der Waals surface area (Å²) in [5.74, 6) is -1.01. The molecule has 6 nitrogen and oxygen atoms in total. The molecule has 0 fully saturated rings. The first-order chi connectivity index (χ1) is 19.0. The second-order valence-corrected chi connectivity index (χ2v) is 10.8. The molecule has 2 N–H and O–H groups in total. The lowest BCUT2D eigenvalue weighted by Gasteiger charge is -2.22. The molecule has 1 aromatic carbocycles. The summed E-state index contributed by atoms with van der Waals surface area (Å²) in [6.07, 6.45) is 20.6. The molecule has 0 heterocycles. The number of aromatic carboxylic acids is 1. The van der Waals surface area contributed by atoms with Crippen LogP contribution in [0.2, 0.25) is 0 Å². The Morgan fingerprint density at radius 1 is 0.590 bits per heavy atom. The third kappa shape index (κ3) is 13.8. The molecule has 0 amide bonds. The molecule has 0 aliphatic rings. The van der Waals surface area contributed by atoms with Gasteiger partial charge >= 0.3 is 5.97 Å². The fourth-order valence-corrected chi connectivity index (χ4v) is 4.99. The topological polar surface area (TPSA) is 85.2 Å². The molecule has 0 saturated heterocycles. The minimum absolute atomic E-state index is 0.0247. The monoisotopic (exact) mass is 550 g/mol. The molecule has 6 heteroatoms. The van der Waals surface area contributed by atoms with E-state index >= 15 is 0 Å². The standard InChI is InChI=1S/C33H58O6/c1-5-9-13-17-19-23-27-28(24-20-18-14-10-6-2)31(37-25-21-15-11-7-3)32(30(34)29(27)33(35)36)39-38-26-22-16-12-8-4/h34H,5-26H2,1-4H3,(H,35,36). The van der Waals surface area contributed by atoms with Gasteiger partial charge in [0.1, 0.15) is 5.56 Å². The highest BCUT2D eigenvalue weighted by Gasteiger charge is 2.30. The molecular weight excluding hydrogens is 492 g/mol. The van der Waals surface area contributed by atoms with E-state index in [1.807, 2.05) is 0 Å². The molecule has 0 radical (unpaired) electrons. The van der Waals surface area contributed by atoms with Gasteiger partial charge in [-0.2, -0.15) is 4.89 Å². The first-order valence-electron chi connectivity index (χ1n) is 16.1. The first-order valence-corrected chi connectivity index (χ1v) is 16.1. The maximum absolute atomic E-state index is 12.5. The van der Waals surface area contributed by atoms with E-state index in [-0.39, 0.29) is 17.1 Å². The van der Waals surface area contributed by atoms with Crippen molar-refractivity contribution in [1.82, 2.24) is 0 Å². The molecule has 0 bridgehead atoms. The summed E-state index contributed by atoms with van der Waals surface area (Å²) in [6, 6.07) is 0. The number of rotatable bonds is 26. The summed E-state index contributed by atoms with van der Waals surface area (Å²) in [4.78, 5) is 23.7. The van der Waals surface area contributed by atoms with Crippen LogP contribution in [0.3, 0.4) is 0 Å². The third-order valence-corrected chi connectivity index (χ3v) is 7.34. The molecule has 1 rings (SSSR count). The van der Waals surface area contributed by atoms with Crippen molar-refractivity contribution in [2.75, 3.05) is 13.2 Å².